The van der Waals surface area contributed by atoms with E-state index in [1.54, 1.807) is 7.11 Å². The fraction of sp³-hybridized carbons (Fsp3) is 0.391. The lowest BCUT2D eigenvalue weighted by Crippen LogP contribution is -2.32. The Morgan fingerprint density at radius 1 is 0.821 bits per heavy atom. The van der Waals surface area contributed by atoms with Crippen molar-refractivity contribution >= 4 is 23.2 Å². The molecule has 1 saturated carbocycles. The molecule has 2 aromatic rings. The maximum Gasteiger partial charge on any atom is 0.227 e. The summed E-state index contributed by atoms with van der Waals surface area (Å²) in [7, 11) is 1.61. The van der Waals surface area contributed by atoms with Crippen molar-refractivity contribution in [3.8, 4) is 5.75 Å². The van der Waals surface area contributed by atoms with E-state index in [1.807, 2.05) is 56.3 Å². The van der Waals surface area contributed by atoms with E-state index < -0.39 is 0 Å². The maximum absolute atomic E-state index is 12.7. The van der Waals surface area contributed by atoms with E-state index in [9.17, 15) is 9.59 Å². The van der Waals surface area contributed by atoms with Gasteiger partial charge in [-0.05, 0) is 74.9 Å². The highest BCUT2D eigenvalue weighted by Gasteiger charge is 2.30. The Morgan fingerprint density at radius 2 is 1.32 bits per heavy atom. The molecule has 3 rings (SSSR count). The Balaban J connectivity index is 1.52. The Hall–Kier alpha value is -2.82. The number of aryl methyl sites for hydroxylation is 2. The molecular formula is C23H28N2O3. The Bertz CT molecular complexity index is 817. The first-order valence-electron chi connectivity index (χ1n) is 9.80. The van der Waals surface area contributed by atoms with Gasteiger partial charge >= 0.3 is 0 Å². The highest BCUT2D eigenvalue weighted by Crippen LogP contribution is 2.31. The molecule has 0 heterocycles. The molecule has 0 bridgehead atoms. The van der Waals surface area contributed by atoms with Crippen LogP contribution in [0.5, 0.6) is 5.75 Å². The summed E-state index contributed by atoms with van der Waals surface area (Å²) >= 11 is 0. The van der Waals surface area contributed by atoms with Crippen LogP contribution in [0.25, 0.3) is 0 Å². The number of ether oxygens (including phenoxy) is 1. The average Bonchev–Trinajstić information content (AvgIpc) is 2.71. The lowest BCUT2D eigenvalue weighted by atomic mass is 9.81. The molecule has 0 aliphatic heterocycles. The zero-order valence-corrected chi connectivity index (χ0v) is 16.7. The van der Waals surface area contributed by atoms with Gasteiger partial charge in [-0.15, -0.1) is 0 Å². The minimum absolute atomic E-state index is 0.0266. The number of carbonyl (C=O) groups is 2. The largest absolute Gasteiger partial charge is 0.497 e. The van der Waals surface area contributed by atoms with Crippen molar-refractivity contribution in [3.63, 3.8) is 0 Å². The van der Waals surface area contributed by atoms with Gasteiger partial charge in [0, 0.05) is 23.2 Å². The fourth-order valence-corrected chi connectivity index (χ4v) is 3.77. The number of nitrogens with one attached hydrogen (secondary N) is 2. The molecule has 0 spiro atoms. The smallest absolute Gasteiger partial charge is 0.227 e. The van der Waals surface area contributed by atoms with E-state index in [2.05, 4.69) is 10.6 Å². The molecule has 148 valence electrons. The first-order valence-corrected chi connectivity index (χ1v) is 9.80. The van der Waals surface area contributed by atoms with Crippen LogP contribution in [-0.4, -0.2) is 18.9 Å². The highest BCUT2D eigenvalue weighted by molar-refractivity contribution is 5.95. The zero-order chi connectivity index (χ0) is 20.1. The summed E-state index contributed by atoms with van der Waals surface area (Å²) in [6.45, 7) is 4.01. The van der Waals surface area contributed by atoms with Gasteiger partial charge in [0.05, 0.1) is 7.11 Å². The van der Waals surface area contributed by atoms with Gasteiger partial charge in [-0.3, -0.25) is 9.59 Å². The van der Waals surface area contributed by atoms with Gasteiger partial charge in [0.25, 0.3) is 0 Å². The molecular weight excluding hydrogens is 352 g/mol. The monoisotopic (exact) mass is 380 g/mol. The summed E-state index contributed by atoms with van der Waals surface area (Å²) in [5.74, 6) is 0.758. The summed E-state index contributed by atoms with van der Waals surface area (Å²) < 4.78 is 5.13. The lowest BCUT2D eigenvalue weighted by Gasteiger charge is -2.27. The topological polar surface area (TPSA) is 67.4 Å². The van der Waals surface area contributed by atoms with Gasteiger partial charge in [0.1, 0.15) is 5.75 Å². The molecule has 28 heavy (non-hydrogen) atoms. The fourth-order valence-electron chi connectivity index (χ4n) is 3.77. The second kappa shape index (κ2) is 8.91. The third kappa shape index (κ3) is 4.71. The van der Waals surface area contributed by atoms with E-state index in [4.69, 9.17) is 4.74 Å². The minimum atomic E-state index is -0.0497. The Morgan fingerprint density at radius 3 is 1.82 bits per heavy atom. The normalized spacial score (nSPS) is 19.0. The SMILES string of the molecule is COc1ccc(NC(=O)C2CCC(C(=O)Nc3c(C)cccc3C)CC2)cc1. The van der Waals surface area contributed by atoms with Crippen molar-refractivity contribution < 1.29 is 14.3 Å². The second-order valence-corrected chi connectivity index (χ2v) is 7.52. The van der Waals surface area contributed by atoms with Crippen LogP contribution in [0, 0.1) is 25.7 Å². The van der Waals surface area contributed by atoms with Crippen LogP contribution in [0.15, 0.2) is 42.5 Å². The Labute approximate surface area is 166 Å². The number of rotatable bonds is 5. The molecule has 1 aliphatic carbocycles. The highest BCUT2D eigenvalue weighted by atomic mass is 16.5. The van der Waals surface area contributed by atoms with E-state index in [0.29, 0.717) is 0 Å². The van der Waals surface area contributed by atoms with Crippen molar-refractivity contribution in [3.05, 3.63) is 53.6 Å². The van der Waals surface area contributed by atoms with Gasteiger partial charge in [0.2, 0.25) is 11.8 Å². The molecule has 5 nitrogen and oxygen atoms in total. The van der Waals surface area contributed by atoms with Crippen LogP contribution in [-0.2, 0) is 9.59 Å². The molecule has 0 aromatic heterocycles. The molecule has 0 saturated heterocycles. The zero-order valence-electron chi connectivity index (χ0n) is 16.7. The van der Waals surface area contributed by atoms with Crippen molar-refractivity contribution in [2.24, 2.45) is 11.8 Å². The molecule has 2 N–H and O–H groups in total. The van der Waals surface area contributed by atoms with Crippen LogP contribution >= 0.6 is 0 Å². The quantitative estimate of drug-likeness (QED) is 0.790. The third-order valence-corrected chi connectivity index (χ3v) is 5.56. The first-order chi connectivity index (χ1) is 13.5. The van der Waals surface area contributed by atoms with Crippen molar-refractivity contribution in [2.75, 3.05) is 17.7 Å². The number of carbonyl (C=O) groups excluding carboxylic acids is 2. The van der Waals surface area contributed by atoms with Crippen LogP contribution in [0.2, 0.25) is 0 Å². The lowest BCUT2D eigenvalue weighted by molar-refractivity contribution is -0.125. The second-order valence-electron chi connectivity index (χ2n) is 7.52. The van der Waals surface area contributed by atoms with E-state index in [1.165, 1.54) is 0 Å². The molecule has 0 unspecified atom stereocenters. The number of para-hydroxylation sites is 1. The summed E-state index contributed by atoms with van der Waals surface area (Å²) in [4.78, 5) is 25.2. The van der Waals surface area contributed by atoms with Crippen LogP contribution < -0.4 is 15.4 Å². The molecule has 2 aromatic carbocycles. The maximum atomic E-state index is 12.7. The van der Waals surface area contributed by atoms with Gasteiger partial charge in [-0.1, -0.05) is 18.2 Å². The predicted molar refractivity (Wildman–Crippen MR) is 112 cm³/mol. The molecule has 0 atom stereocenters. The Kier molecular flexibility index (Phi) is 6.34. The van der Waals surface area contributed by atoms with Crippen LogP contribution in [0.3, 0.4) is 0 Å². The van der Waals surface area contributed by atoms with E-state index in [0.717, 1.165) is 53.9 Å². The van der Waals surface area contributed by atoms with Gasteiger partial charge < -0.3 is 15.4 Å². The first kappa shape index (κ1) is 19.9. The summed E-state index contributed by atoms with van der Waals surface area (Å²) in [6, 6.07) is 13.3. The van der Waals surface area contributed by atoms with Crippen LogP contribution in [0.1, 0.15) is 36.8 Å². The standard InChI is InChI=1S/C23H28N2O3/c1-15-5-4-6-16(2)21(15)25-23(27)18-9-7-17(8-10-18)22(26)24-19-11-13-20(28-3)14-12-19/h4-6,11-14,17-18H,7-10H2,1-3H3,(H,24,26)(H,25,27). The summed E-state index contributed by atoms with van der Waals surface area (Å²) in [5, 5.41) is 6.06. The number of benzene rings is 2. The van der Waals surface area contributed by atoms with Gasteiger partial charge in [-0.25, -0.2) is 0 Å². The number of hydrogen-bond donors (Lipinski definition) is 2. The predicted octanol–water partition coefficient (Wildman–Crippen LogP) is 4.70. The van der Waals surface area contributed by atoms with Crippen molar-refractivity contribution in [2.45, 2.75) is 39.5 Å². The van der Waals surface area contributed by atoms with Gasteiger partial charge in [0.15, 0.2) is 0 Å². The van der Waals surface area contributed by atoms with E-state index in [-0.39, 0.29) is 23.7 Å². The molecule has 1 aliphatic rings. The molecule has 5 heteroatoms. The van der Waals surface area contributed by atoms with Crippen LogP contribution in [0.4, 0.5) is 11.4 Å². The minimum Gasteiger partial charge on any atom is -0.497 e. The number of anilines is 2. The molecule has 1 fully saturated rings. The van der Waals surface area contributed by atoms with Gasteiger partial charge in [-0.2, -0.15) is 0 Å². The number of amides is 2. The van der Waals surface area contributed by atoms with E-state index >= 15 is 0 Å². The average molecular weight is 380 g/mol. The summed E-state index contributed by atoms with van der Waals surface area (Å²) in [5.41, 5.74) is 3.81. The number of methoxy groups -OCH3 is 1. The number of hydrogen-bond acceptors (Lipinski definition) is 3. The third-order valence-electron chi connectivity index (χ3n) is 5.56. The van der Waals surface area contributed by atoms with Crippen molar-refractivity contribution in [1.82, 2.24) is 0 Å². The molecule has 0 radical (unpaired) electrons. The van der Waals surface area contributed by atoms with Crippen molar-refractivity contribution in [1.29, 1.82) is 0 Å². The summed E-state index contributed by atoms with van der Waals surface area (Å²) in [6.07, 6.45) is 2.93. The molecule has 2 amide bonds.